The number of amides is 1. The monoisotopic (exact) mass is 818 g/mol. The number of benzene rings is 1. The zero-order valence-electron chi connectivity index (χ0n) is 31.5. The van der Waals surface area contributed by atoms with Crippen molar-refractivity contribution in [3.8, 4) is 34.1 Å². The van der Waals surface area contributed by atoms with E-state index in [9.17, 15) is 30.8 Å². The molecule has 5 rings (SSSR count). The molecule has 4 aromatic rings. The van der Waals surface area contributed by atoms with Gasteiger partial charge < -0.3 is 23.0 Å². The highest BCUT2D eigenvalue weighted by Gasteiger charge is 2.49. The van der Waals surface area contributed by atoms with E-state index in [1.807, 2.05) is 13.1 Å². The van der Waals surface area contributed by atoms with Crippen LogP contribution in [-0.4, -0.2) is 72.9 Å². The second kappa shape index (κ2) is 14.4. The van der Waals surface area contributed by atoms with E-state index < -0.39 is 65.3 Å². The summed E-state index contributed by atoms with van der Waals surface area (Å²) in [5.74, 6) is -3.25. The van der Waals surface area contributed by atoms with Crippen LogP contribution in [0.2, 0.25) is 18.1 Å². The highest BCUT2D eigenvalue weighted by molar-refractivity contribution is 7.88. The molecule has 0 bridgehead atoms. The molecule has 0 unspecified atom stereocenters. The lowest BCUT2D eigenvalue weighted by Crippen LogP contribution is -2.44. The van der Waals surface area contributed by atoms with E-state index >= 15 is 4.39 Å². The van der Waals surface area contributed by atoms with Gasteiger partial charge in [0.1, 0.15) is 41.0 Å². The number of ether oxygens (including phenoxy) is 2. The van der Waals surface area contributed by atoms with Gasteiger partial charge in [-0.15, -0.1) is 11.3 Å². The van der Waals surface area contributed by atoms with E-state index in [1.54, 1.807) is 39.3 Å². The second-order valence-corrected chi connectivity index (χ2v) is 22.9. The Labute approximate surface area is 315 Å². The van der Waals surface area contributed by atoms with Crippen molar-refractivity contribution in [1.82, 2.24) is 19.7 Å². The topological polar surface area (TPSA) is 122 Å². The van der Waals surface area contributed by atoms with Crippen molar-refractivity contribution in [2.75, 3.05) is 13.2 Å². The summed E-state index contributed by atoms with van der Waals surface area (Å²) in [4.78, 5) is 18.7. The number of nitrogens with zero attached hydrogens (tertiary/aromatic N) is 4. The van der Waals surface area contributed by atoms with Crippen molar-refractivity contribution in [3.05, 3.63) is 47.0 Å². The number of thiophene rings is 1. The van der Waals surface area contributed by atoms with E-state index in [0.717, 1.165) is 17.4 Å². The maximum absolute atomic E-state index is 16.2. The lowest BCUT2D eigenvalue weighted by molar-refractivity contribution is -0.0500. The summed E-state index contributed by atoms with van der Waals surface area (Å²) < 4.78 is 121. The van der Waals surface area contributed by atoms with Crippen LogP contribution >= 0.6 is 11.3 Å². The third-order valence-corrected chi connectivity index (χ3v) is 15.5. The molecule has 1 amide bonds. The molecule has 4 heterocycles. The first-order valence-corrected chi connectivity index (χ1v) is 22.2. The number of pyridine rings is 1. The molecule has 2 atom stereocenters. The minimum Gasteiger partial charge on any atom is -0.490 e. The summed E-state index contributed by atoms with van der Waals surface area (Å²) in [5.41, 5.74) is -6.77. The van der Waals surface area contributed by atoms with Crippen molar-refractivity contribution in [2.45, 2.75) is 103 Å². The molecule has 0 radical (unpaired) electrons. The van der Waals surface area contributed by atoms with Crippen molar-refractivity contribution in [2.24, 2.45) is 0 Å². The Kier molecular flexibility index (Phi) is 11.0. The largest absolute Gasteiger partial charge is 0.534 e. The Balaban J connectivity index is 1.70. The highest BCUT2D eigenvalue weighted by atomic mass is 32.2. The van der Waals surface area contributed by atoms with E-state index in [1.165, 1.54) is 22.4 Å². The standard InChI is InChI=1S/C35H43F5N4O7S2Si/c1-19-16-43(32(45)49-33(3,4)5)17-22-15-25(42-44(19)22)29-28(30-23(11-12-52-30)31(41-29)50-53(46,47)35(38,39)40)27-24(37)13-21(36)14-26(27)48-18-20(2)51-54(9,10)34(6,7)8/h11-15,19-20H,16-18H2,1-10H3/t19-,20+/m0/s1. The summed E-state index contributed by atoms with van der Waals surface area (Å²) in [6.07, 6.45) is -1.10. The third-order valence-electron chi connectivity index (χ3n) is 9.05. The summed E-state index contributed by atoms with van der Waals surface area (Å²) in [6.45, 7) is 19.1. The minimum atomic E-state index is -6.21. The number of fused-ring (bicyclic) bond motifs is 2. The Morgan fingerprint density at radius 3 is 2.35 bits per heavy atom. The zero-order valence-corrected chi connectivity index (χ0v) is 34.1. The van der Waals surface area contributed by atoms with Gasteiger partial charge >= 0.3 is 21.7 Å². The number of carbonyl (C=O) groups is 1. The first-order chi connectivity index (χ1) is 24.7. The molecule has 11 nitrogen and oxygen atoms in total. The third kappa shape index (κ3) is 8.52. The summed E-state index contributed by atoms with van der Waals surface area (Å²) >= 11 is 0.932. The van der Waals surface area contributed by atoms with Gasteiger partial charge in [-0.05, 0) is 70.3 Å². The average molecular weight is 819 g/mol. The summed E-state index contributed by atoms with van der Waals surface area (Å²) in [6, 6.07) is 3.93. The van der Waals surface area contributed by atoms with Crippen LogP contribution in [-0.2, 0) is 25.8 Å². The molecule has 54 heavy (non-hydrogen) atoms. The first kappa shape index (κ1) is 41.4. The van der Waals surface area contributed by atoms with Gasteiger partial charge in [0.2, 0.25) is 5.88 Å². The van der Waals surface area contributed by atoms with Gasteiger partial charge in [0.05, 0.1) is 40.0 Å². The summed E-state index contributed by atoms with van der Waals surface area (Å²) in [5, 5.41) is 5.75. The molecule has 0 N–H and O–H groups in total. The quantitative estimate of drug-likeness (QED) is 0.0704. The van der Waals surface area contributed by atoms with Crippen LogP contribution in [0.5, 0.6) is 11.6 Å². The van der Waals surface area contributed by atoms with Crippen LogP contribution in [0.4, 0.5) is 26.7 Å². The highest BCUT2D eigenvalue weighted by Crippen LogP contribution is 2.48. The van der Waals surface area contributed by atoms with E-state index in [0.29, 0.717) is 11.8 Å². The number of alkyl halides is 3. The maximum Gasteiger partial charge on any atom is 0.534 e. The predicted octanol–water partition coefficient (Wildman–Crippen LogP) is 9.43. The fraction of sp³-hybridized carbons (Fsp3) is 0.514. The SMILES string of the molecule is C[C@H](COc1cc(F)cc(F)c1-c1c(-c2cc3n(n2)[C@@H](C)CN(C(=O)OC(C)(C)C)C3)nc(OS(=O)(=O)C(F)(F)F)c2ccsc12)O[Si](C)(C)C(C)(C)C. The molecule has 1 aromatic carbocycles. The number of hydrogen-bond donors (Lipinski definition) is 0. The van der Waals surface area contributed by atoms with Crippen LogP contribution in [0.3, 0.4) is 0 Å². The minimum absolute atomic E-state index is 0.0139. The molecule has 3 aromatic heterocycles. The molecule has 19 heteroatoms. The number of carbonyl (C=O) groups excluding carboxylic acids is 1. The molecule has 0 aliphatic carbocycles. The maximum atomic E-state index is 16.2. The lowest BCUT2D eigenvalue weighted by Gasteiger charge is -2.38. The zero-order chi connectivity index (χ0) is 40.3. The number of rotatable bonds is 9. The van der Waals surface area contributed by atoms with Gasteiger partial charge in [-0.25, -0.2) is 18.6 Å². The Morgan fingerprint density at radius 1 is 1.07 bits per heavy atom. The predicted molar refractivity (Wildman–Crippen MR) is 196 cm³/mol. The average Bonchev–Trinajstić information content (AvgIpc) is 3.66. The van der Waals surface area contributed by atoms with Crippen molar-refractivity contribution in [3.63, 3.8) is 0 Å². The Bertz CT molecular complexity index is 2180. The molecule has 296 valence electrons. The van der Waals surface area contributed by atoms with Crippen LogP contribution in [0.25, 0.3) is 32.6 Å². The molecular formula is C35H43F5N4O7S2Si. The molecular weight excluding hydrogens is 776 g/mol. The van der Waals surface area contributed by atoms with Gasteiger partial charge in [-0.1, -0.05) is 20.8 Å². The van der Waals surface area contributed by atoms with Crippen LogP contribution in [0.15, 0.2) is 29.6 Å². The second-order valence-electron chi connectivity index (χ2n) is 15.7. The summed E-state index contributed by atoms with van der Waals surface area (Å²) in [7, 11) is -8.49. The molecule has 0 fully saturated rings. The van der Waals surface area contributed by atoms with Crippen LogP contribution in [0, 0.1) is 11.6 Å². The van der Waals surface area contributed by atoms with Gasteiger partial charge in [0.25, 0.3) is 0 Å². The van der Waals surface area contributed by atoms with E-state index in [2.05, 4.69) is 35.0 Å². The van der Waals surface area contributed by atoms with E-state index in [4.69, 9.17) is 13.9 Å². The number of aromatic nitrogens is 3. The van der Waals surface area contributed by atoms with Gasteiger partial charge in [-0.3, -0.25) is 4.68 Å². The normalized spacial score (nSPS) is 16.4. The van der Waals surface area contributed by atoms with Gasteiger partial charge in [0, 0.05) is 24.2 Å². The Hall–Kier alpha value is -3.81. The van der Waals surface area contributed by atoms with Gasteiger partial charge in [-0.2, -0.15) is 26.7 Å². The smallest absolute Gasteiger partial charge is 0.490 e. The number of hydrogen-bond acceptors (Lipinski definition) is 10. The molecule has 1 aliphatic rings. The van der Waals surface area contributed by atoms with Crippen LogP contribution < -0.4 is 8.92 Å². The van der Waals surface area contributed by atoms with Crippen molar-refractivity contribution < 1.29 is 53.2 Å². The van der Waals surface area contributed by atoms with Gasteiger partial charge in [0.15, 0.2) is 8.32 Å². The molecule has 0 spiro atoms. The molecule has 0 saturated carbocycles. The van der Waals surface area contributed by atoms with Crippen molar-refractivity contribution in [1.29, 1.82) is 0 Å². The first-order valence-electron chi connectivity index (χ1n) is 17.0. The number of halogens is 5. The molecule has 1 aliphatic heterocycles. The van der Waals surface area contributed by atoms with Crippen molar-refractivity contribution >= 4 is 46.0 Å². The fourth-order valence-corrected chi connectivity index (χ4v) is 8.42. The molecule has 0 saturated heterocycles. The fourth-order valence-electron chi connectivity index (χ4n) is 5.63. The Morgan fingerprint density at radius 2 is 1.74 bits per heavy atom. The van der Waals surface area contributed by atoms with E-state index in [-0.39, 0.29) is 63.1 Å². The lowest BCUT2D eigenvalue weighted by atomic mass is 9.98. The van der Waals surface area contributed by atoms with Crippen LogP contribution in [0.1, 0.15) is 67.1 Å².